The second kappa shape index (κ2) is 11.8. The molecule has 0 spiro atoms. The number of para-hydroxylation sites is 1. The van der Waals surface area contributed by atoms with Crippen LogP contribution < -0.4 is 4.74 Å². The molecule has 2 aromatic carbocycles. The van der Waals surface area contributed by atoms with Crippen LogP contribution in [-0.2, 0) is 27.5 Å². The van der Waals surface area contributed by atoms with Crippen LogP contribution >= 0.6 is 11.3 Å². The fourth-order valence-corrected chi connectivity index (χ4v) is 3.64. The molecule has 0 N–H and O–H groups in total. The van der Waals surface area contributed by atoms with Crippen molar-refractivity contribution in [2.75, 3.05) is 13.7 Å². The lowest BCUT2D eigenvalue weighted by atomic mass is 10.1. The van der Waals surface area contributed by atoms with E-state index in [-0.39, 0.29) is 24.8 Å². The molecule has 0 unspecified atom stereocenters. The highest BCUT2D eigenvalue weighted by atomic mass is 32.1. The molecule has 1 heterocycles. The van der Waals surface area contributed by atoms with E-state index < -0.39 is 0 Å². The second-order valence-corrected chi connectivity index (χ2v) is 8.15. The van der Waals surface area contributed by atoms with Crippen LogP contribution in [0.2, 0.25) is 0 Å². The van der Waals surface area contributed by atoms with Crippen LogP contribution in [0.5, 0.6) is 5.75 Å². The van der Waals surface area contributed by atoms with Gasteiger partial charge >= 0.3 is 5.97 Å². The Labute approximate surface area is 192 Å². The van der Waals surface area contributed by atoms with E-state index in [1.54, 1.807) is 22.3 Å². The van der Waals surface area contributed by atoms with Crippen molar-refractivity contribution in [3.63, 3.8) is 0 Å². The van der Waals surface area contributed by atoms with Gasteiger partial charge in [0.1, 0.15) is 12.4 Å². The van der Waals surface area contributed by atoms with Crippen molar-refractivity contribution >= 4 is 29.3 Å². The van der Waals surface area contributed by atoms with Gasteiger partial charge in [-0.15, -0.1) is 11.3 Å². The number of aromatic nitrogens is 1. The molecule has 1 aromatic heterocycles. The summed E-state index contributed by atoms with van der Waals surface area (Å²) in [6.07, 6.45) is 3.38. The first-order chi connectivity index (χ1) is 15.5. The molecule has 0 aliphatic carbocycles. The number of thiazole rings is 1. The van der Waals surface area contributed by atoms with Gasteiger partial charge in [0.05, 0.1) is 24.2 Å². The molecule has 166 valence electrons. The van der Waals surface area contributed by atoms with E-state index in [1.807, 2.05) is 66.9 Å². The quantitative estimate of drug-likeness (QED) is 0.333. The number of amides is 1. The van der Waals surface area contributed by atoms with E-state index in [1.165, 1.54) is 13.2 Å². The number of nitrogens with zero attached hydrogens (tertiary/aromatic N) is 2. The number of aryl methyl sites for hydroxylation is 1. The van der Waals surface area contributed by atoms with Crippen molar-refractivity contribution in [1.29, 1.82) is 0 Å². The maximum atomic E-state index is 13.0. The van der Waals surface area contributed by atoms with Crippen LogP contribution in [0.4, 0.5) is 0 Å². The number of carbonyl (C=O) groups excluding carboxylic acids is 2. The zero-order chi connectivity index (χ0) is 22.8. The Bertz CT molecular complexity index is 1060. The van der Waals surface area contributed by atoms with Gasteiger partial charge in [0.2, 0.25) is 5.91 Å². The van der Waals surface area contributed by atoms with Crippen molar-refractivity contribution in [3.05, 3.63) is 87.9 Å². The molecule has 32 heavy (non-hydrogen) atoms. The average Bonchev–Trinajstić information content (AvgIpc) is 3.24. The molecule has 0 saturated carbocycles. The van der Waals surface area contributed by atoms with Gasteiger partial charge in [-0.1, -0.05) is 48.5 Å². The van der Waals surface area contributed by atoms with E-state index in [9.17, 15) is 9.59 Å². The lowest BCUT2D eigenvalue weighted by molar-refractivity contribution is -0.141. The molecule has 6 nitrogen and oxygen atoms in total. The molecule has 0 bridgehead atoms. The molecule has 7 heteroatoms. The third-order valence-electron chi connectivity index (χ3n) is 4.71. The van der Waals surface area contributed by atoms with Crippen molar-refractivity contribution in [2.45, 2.75) is 26.5 Å². The zero-order valence-corrected chi connectivity index (χ0v) is 19.0. The van der Waals surface area contributed by atoms with E-state index in [2.05, 4.69) is 4.98 Å². The summed E-state index contributed by atoms with van der Waals surface area (Å²) in [5.41, 5.74) is 2.65. The largest absolute Gasteiger partial charge is 0.487 e. The molecular formula is C25H26N2O4S. The minimum absolute atomic E-state index is 0.135. The number of rotatable bonds is 10. The SMILES string of the molecule is COC(=O)CCN(Cc1ccccc1)C(=O)/C=C/c1ccccc1OCc1csc(C)n1. The predicted octanol–water partition coefficient (Wildman–Crippen LogP) is 4.64. The summed E-state index contributed by atoms with van der Waals surface area (Å²) in [5.74, 6) is 0.130. The van der Waals surface area contributed by atoms with Crippen LogP contribution in [-0.4, -0.2) is 35.4 Å². The minimum Gasteiger partial charge on any atom is -0.487 e. The third-order valence-corrected chi connectivity index (χ3v) is 5.53. The number of benzene rings is 2. The standard InChI is InChI=1S/C25H26N2O4S/c1-19-26-22(18-32-19)17-31-23-11-7-6-10-21(23)12-13-24(28)27(15-14-25(29)30-2)16-20-8-4-3-5-9-20/h3-13,18H,14-17H2,1-2H3/b13-12+. The Morgan fingerprint density at radius 3 is 2.56 bits per heavy atom. The molecule has 0 aliphatic heterocycles. The number of hydrogen-bond donors (Lipinski definition) is 0. The van der Waals surface area contributed by atoms with E-state index in [0.29, 0.717) is 18.9 Å². The van der Waals surface area contributed by atoms with Crippen LogP contribution in [0.15, 0.2) is 66.1 Å². The van der Waals surface area contributed by atoms with Crippen LogP contribution in [0, 0.1) is 6.92 Å². The van der Waals surface area contributed by atoms with Gasteiger partial charge in [0.15, 0.2) is 0 Å². The summed E-state index contributed by atoms with van der Waals surface area (Å²) in [5, 5.41) is 2.97. The molecular weight excluding hydrogens is 424 g/mol. The molecule has 0 aliphatic rings. The molecule has 1 amide bonds. The fourth-order valence-electron chi connectivity index (χ4n) is 3.04. The molecule has 0 saturated heterocycles. The molecule has 0 fully saturated rings. The van der Waals surface area contributed by atoms with Crippen molar-refractivity contribution in [2.24, 2.45) is 0 Å². The van der Waals surface area contributed by atoms with Crippen molar-refractivity contribution < 1.29 is 19.1 Å². The Morgan fingerprint density at radius 1 is 1.09 bits per heavy atom. The van der Waals surface area contributed by atoms with Gasteiger partial charge in [-0.3, -0.25) is 9.59 Å². The first-order valence-electron chi connectivity index (χ1n) is 10.3. The van der Waals surface area contributed by atoms with Gasteiger partial charge in [-0.2, -0.15) is 0 Å². The second-order valence-electron chi connectivity index (χ2n) is 7.09. The number of carbonyl (C=O) groups is 2. The number of hydrogen-bond acceptors (Lipinski definition) is 6. The summed E-state index contributed by atoms with van der Waals surface area (Å²) in [4.78, 5) is 30.6. The first-order valence-corrected chi connectivity index (χ1v) is 11.1. The Kier molecular flexibility index (Phi) is 8.57. The van der Waals surface area contributed by atoms with E-state index in [0.717, 1.165) is 21.8 Å². The Morgan fingerprint density at radius 2 is 1.84 bits per heavy atom. The highest BCUT2D eigenvalue weighted by Crippen LogP contribution is 2.21. The topological polar surface area (TPSA) is 68.7 Å². The Balaban J connectivity index is 1.70. The highest BCUT2D eigenvalue weighted by Gasteiger charge is 2.14. The smallest absolute Gasteiger partial charge is 0.307 e. The van der Waals surface area contributed by atoms with Gasteiger partial charge in [0, 0.05) is 30.1 Å². The summed E-state index contributed by atoms with van der Waals surface area (Å²) >= 11 is 1.58. The summed E-state index contributed by atoms with van der Waals surface area (Å²) < 4.78 is 10.6. The maximum absolute atomic E-state index is 13.0. The summed E-state index contributed by atoms with van der Waals surface area (Å²) in [6.45, 7) is 2.99. The zero-order valence-electron chi connectivity index (χ0n) is 18.2. The average molecular weight is 451 g/mol. The van der Waals surface area contributed by atoms with Gasteiger partial charge in [0.25, 0.3) is 0 Å². The van der Waals surface area contributed by atoms with Gasteiger partial charge in [-0.25, -0.2) is 4.98 Å². The third kappa shape index (κ3) is 7.06. The lowest BCUT2D eigenvalue weighted by Crippen LogP contribution is -2.31. The normalized spacial score (nSPS) is 10.8. The molecule has 3 aromatic rings. The van der Waals surface area contributed by atoms with Crippen LogP contribution in [0.25, 0.3) is 6.08 Å². The lowest BCUT2D eigenvalue weighted by Gasteiger charge is -2.21. The van der Waals surface area contributed by atoms with E-state index >= 15 is 0 Å². The summed E-state index contributed by atoms with van der Waals surface area (Å²) in [7, 11) is 1.34. The van der Waals surface area contributed by atoms with Gasteiger partial charge < -0.3 is 14.4 Å². The van der Waals surface area contributed by atoms with E-state index in [4.69, 9.17) is 9.47 Å². The predicted molar refractivity (Wildman–Crippen MR) is 125 cm³/mol. The summed E-state index contributed by atoms with van der Waals surface area (Å²) in [6, 6.07) is 17.2. The van der Waals surface area contributed by atoms with Gasteiger partial charge in [-0.05, 0) is 24.6 Å². The molecule has 0 atom stereocenters. The number of ether oxygens (including phenoxy) is 2. The minimum atomic E-state index is -0.351. The highest BCUT2D eigenvalue weighted by molar-refractivity contribution is 7.09. The maximum Gasteiger partial charge on any atom is 0.307 e. The molecule has 0 radical (unpaired) electrons. The Hall–Kier alpha value is -3.45. The fraction of sp³-hybridized carbons (Fsp3) is 0.240. The monoisotopic (exact) mass is 450 g/mol. The number of esters is 1. The van der Waals surface area contributed by atoms with Crippen molar-refractivity contribution in [1.82, 2.24) is 9.88 Å². The first kappa shape index (κ1) is 23.2. The molecule has 3 rings (SSSR count). The number of methoxy groups -OCH3 is 1. The van der Waals surface area contributed by atoms with Crippen LogP contribution in [0.3, 0.4) is 0 Å². The van der Waals surface area contributed by atoms with Crippen molar-refractivity contribution in [3.8, 4) is 5.75 Å². The van der Waals surface area contributed by atoms with Crippen LogP contribution in [0.1, 0.15) is 28.2 Å².